The third kappa shape index (κ3) is 10.3. The van der Waals surface area contributed by atoms with Gasteiger partial charge in [-0.25, -0.2) is 9.69 Å². The number of nitrogens with one attached hydrogen (secondary N) is 3. The number of ether oxygens (including phenoxy) is 1. The summed E-state index contributed by atoms with van der Waals surface area (Å²) in [4.78, 5) is 43.8. The Morgan fingerprint density at radius 3 is 1.89 bits per heavy atom. The molecule has 2 amide bonds. The lowest BCUT2D eigenvalue weighted by Gasteiger charge is -2.34. The van der Waals surface area contributed by atoms with Crippen molar-refractivity contribution in [3.8, 4) is 22.3 Å². The standard InChI is InChI=1S/C46H49N5O4/c52-44(36-16-11-17-38(32-36)49-45(53)24-27-48-37-22-23-37)33-47-28-31-50-29-25-39(26-30-50)55-46(54)51(42-20-9-7-18-40(42)34-12-3-1-4-13-34)43-21-10-8-19-41(43)35-14-5-2-6-15-35/h1-21,32,37,39,47-48H,22-31,33H2,(H,49,53). The van der Waals surface area contributed by atoms with Crippen molar-refractivity contribution < 1.29 is 19.1 Å². The van der Waals surface area contributed by atoms with Crippen molar-refractivity contribution in [2.75, 3.05) is 49.5 Å². The second kappa shape index (κ2) is 18.6. The Labute approximate surface area is 323 Å². The topological polar surface area (TPSA) is 103 Å². The van der Waals surface area contributed by atoms with Gasteiger partial charge in [-0.15, -0.1) is 0 Å². The van der Waals surface area contributed by atoms with Crippen molar-refractivity contribution in [1.82, 2.24) is 15.5 Å². The van der Waals surface area contributed by atoms with E-state index in [0.29, 0.717) is 49.6 Å². The van der Waals surface area contributed by atoms with Crippen LogP contribution in [0.1, 0.15) is 42.5 Å². The monoisotopic (exact) mass is 735 g/mol. The van der Waals surface area contributed by atoms with Gasteiger partial charge in [-0.05, 0) is 61.1 Å². The van der Waals surface area contributed by atoms with Gasteiger partial charge in [-0.2, -0.15) is 0 Å². The Hall–Kier alpha value is -5.61. The van der Waals surface area contributed by atoms with E-state index < -0.39 is 6.09 Å². The zero-order valence-corrected chi connectivity index (χ0v) is 31.2. The second-order valence-corrected chi connectivity index (χ2v) is 14.2. The number of benzene rings is 5. The van der Waals surface area contributed by atoms with Gasteiger partial charge in [-0.1, -0.05) is 109 Å². The Kier molecular flexibility index (Phi) is 12.8. The SMILES string of the molecule is O=C(CCNC1CC1)Nc1cccc(C(=O)CNCCN2CCC(OC(=O)N(c3ccccc3-c3ccccc3)c3ccccc3-c3ccccc3)CC2)c1. The molecule has 9 heteroatoms. The maximum absolute atomic E-state index is 14.4. The Morgan fingerprint density at radius 2 is 1.27 bits per heavy atom. The Balaban J connectivity index is 0.935. The van der Waals surface area contributed by atoms with Crippen molar-refractivity contribution in [1.29, 1.82) is 0 Å². The summed E-state index contributed by atoms with van der Waals surface area (Å²) in [6.07, 6.45) is 3.58. The zero-order valence-electron chi connectivity index (χ0n) is 31.2. The van der Waals surface area contributed by atoms with E-state index >= 15 is 0 Å². The zero-order chi connectivity index (χ0) is 37.8. The fourth-order valence-electron chi connectivity index (χ4n) is 7.05. The van der Waals surface area contributed by atoms with Gasteiger partial charge >= 0.3 is 6.09 Å². The molecule has 1 aliphatic heterocycles. The predicted molar refractivity (Wildman–Crippen MR) is 220 cm³/mol. The van der Waals surface area contributed by atoms with E-state index in [4.69, 9.17) is 4.74 Å². The summed E-state index contributed by atoms with van der Waals surface area (Å²) in [5, 5.41) is 9.54. The fourth-order valence-corrected chi connectivity index (χ4v) is 7.05. The minimum absolute atomic E-state index is 0.0238. The van der Waals surface area contributed by atoms with Crippen LogP contribution in [0.15, 0.2) is 133 Å². The second-order valence-electron chi connectivity index (χ2n) is 14.2. The smallest absolute Gasteiger partial charge is 0.419 e. The number of amides is 2. The van der Waals surface area contributed by atoms with Crippen LogP contribution in [0.4, 0.5) is 21.9 Å². The van der Waals surface area contributed by atoms with E-state index in [9.17, 15) is 14.4 Å². The van der Waals surface area contributed by atoms with Crippen LogP contribution >= 0.6 is 0 Å². The van der Waals surface area contributed by atoms with Crippen molar-refractivity contribution in [2.45, 2.75) is 44.2 Å². The summed E-state index contributed by atoms with van der Waals surface area (Å²) in [6, 6.07) is 43.9. The molecule has 3 N–H and O–H groups in total. The first-order chi connectivity index (χ1) is 27.0. The van der Waals surface area contributed by atoms with Crippen molar-refractivity contribution >= 4 is 34.8 Å². The third-order valence-corrected chi connectivity index (χ3v) is 10.2. The lowest BCUT2D eigenvalue weighted by atomic mass is 10.00. The first-order valence-electron chi connectivity index (χ1n) is 19.4. The van der Waals surface area contributed by atoms with Crippen molar-refractivity contribution in [3.63, 3.8) is 0 Å². The Bertz CT molecular complexity index is 1960. The third-order valence-electron chi connectivity index (χ3n) is 10.2. The van der Waals surface area contributed by atoms with Gasteiger partial charge in [0.1, 0.15) is 6.10 Å². The number of ketones is 1. The molecule has 0 atom stereocenters. The number of piperidine rings is 1. The predicted octanol–water partition coefficient (Wildman–Crippen LogP) is 8.31. The maximum Gasteiger partial charge on any atom is 0.419 e. The molecule has 1 heterocycles. The van der Waals surface area contributed by atoms with Gasteiger partial charge in [0.05, 0.1) is 17.9 Å². The van der Waals surface area contributed by atoms with E-state index in [1.807, 2.05) is 91.0 Å². The van der Waals surface area contributed by atoms with Crippen LogP contribution in [-0.4, -0.2) is 74.1 Å². The normalized spacial score (nSPS) is 14.6. The number of nitrogens with zero attached hydrogens (tertiary/aromatic N) is 2. The van der Waals surface area contributed by atoms with Gasteiger partial charge < -0.3 is 25.6 Å². The highest BCUT2D eigenvalue weighted by molar-refractivity contribution is 6.04. The summed E-state index contributed by atoms with van der Waals surface area (Å²) < 4.78 is 6.33. The number of rotatable bonds is 16. The largest absolute Gasteiger partial charge is 0.445 e. The molecule has 1 saturated heterocycles. The number of hydrogen-bond donors (Lipinski definition) is 3. The summed E-state index contributed by atoms with van der Waals surface area (Å²) in [5.41, 5.74) is 6.63. The first-order valence-corrected chi connectivity index (χ1v) is 19.4. The lowest BCUT2D eigenvalue weighted by molar-refractivity contribution is -0.116. The molecule has 5 aromatic carbocycles. The Morgan fingerprint density at radius 1 is 0.673 bits per heavy atom. The van der Waals surface area contributed by atoms with Gasteiger partial charge in [0, 0.05) is 67.6 Å². The molecule has 7 rings (SSSR count). The van der Waals surface area contributed by atoms with E-state index in [1.165, 1.54) is 12.8 Å². The van der Waals surface area contributed by atoms with Gasteiger partial charge in [0.2, 0.25) is 5.91 Å². The number of hydrogen-bond acceptors (Lipinski definition) is 7. The average Bonchev–Trinajstić information content (AvgIpc) is 4.06. The fraction of sp³-hybridized carbons (Fsp3) is 0.283. The van der Waals surface area contributed by atoms with Gasteiger partial charge in [-0.3, -0.25) is 9.59 Å². The average molecular weight is 736 g/mol. The molecule has 0 spiro atoms. The summed E-state index contributed by atoms with van der Waals surface area (Å²) >= 11 is 0. The van der Waals surface area contributed by atoms with Crippen LogP contribution in [0.25, 0.3) is 22.3 Å². The lowest BCUT2D eigenvalue weighted by Crippen LogP contribution is -2.42. The summed E-state index contributed by atoms with van der Waals surface area (Å²) in [7, 11) is 0. The van der Waals surface area contributed by atoms with Crippen LogP contribution in [0.2, 0.25) is 0 Å². The van der Waals surface area contributed by atoms with Crippen LogP contribution < -0.4 is 20.9 Å². The number of anilines is 3. The van der Waals surface area contributed by atoms with E-state index in [1.54, 1.807) is 23.1 Å². The van der Waals surface area contributed by atoms with Crippen molar-refractivity contribution in [2.24, 2.45) is 0 Å². The van der Waals surface area contributed by atoms with Crippen LogP contribution in [0.5, 0.6) is 0 Å². The highest BCUT2D eigenvalue weighted by Crippen LogP contribution is 2.40. The van der Waals surface area contributed by atoms with Crippen LogP contribution in [0.3, 0.4) is 0 Å². The van der Waals surface area contributed by atoms with Gasteiger partial charge in [0.25, 0.3) is 0 Å². The number of para-hydroxylation sites is 2. The molecule has 0 radical (unpaired) electrons. The molecule has 0 unspecified atom stereocenters. The van der Waals surface area contributed by atoms with E-state index in [-0.39, 0.29) is 24.3 Å². The quantitative estimate of drug-likeness (QED) is 0.0692. The van der Waals surface area contributed by atoms with E-state index in [2.05, 4.69) is 45.1 Å². The number of carbonyl (C=O) groups excluding carboxylic acids is 3. The molecule has 1 saturated carbocycles. The highest BCUT2D eigenvalue weighted by Gasteiger charge is 2.29. The molecule has 55 heavy (non-hydrogen) atoms. The molecule has 0 aromatic heterocycles. The molecule has 282 valence electrons. The highest BCUT2D eigenvalue weighted by atomic mass is 16.6. The first kappa shape index (κ1) is 37.7. The number of likely N-dealkylation sites (tertiary alicyclic amines) is 1. The molecule has 0 bridgehead atoms. The van der Waals surface area contributed by atoms with E-state index in [0.717, 1.165) is 53.3 Å². The minimum Gasteiger partial charge on any atom is -0.445 e. The number of carbonyl (C=O) groups is 3. The van der Waals surface area contributed by atoms with Crippen molar-refractivity contribution in [3.05, 3.63) is 139 Å². The molecular weight excluding hydrogens is 687 g/mol. The molecule has 2 aliphatic rings. The molecular formula is C46H49N5O4. The maximum atomic E-state index is 14.4. The van der Waals surface area contributed by atoms with Crippen LogP contribution in [0, 0.1) is 0 Å². The molecule has 1 aliphatic carbocycles. The molecule has 2 fully saturated rings. The summed E-state index contributed by atoms with van der Waals surface area (Å²) in [5.74, 6) is -0.0853. The van der Waals surface area contributed by atoms with Crippen LogP contribution in [-0.2, 0) is 9.53 Å². The minimum atomic E-state index is -0.403. The van der Waals surface area contributed by atoms with Gasteiger partial charge in [0.15, 0.2) is 5.78 Å². The molecule has 5 aromatic rings. The number of Topliss-reactive ketones (excluding diaryl/α,β-unsaturated/α-hetero) is 1. The molecule has 9 nitrogen and oxygen atoms in total. The summed E-state index contributed by atoms with van der Waals surface area (Å²) in [6.45, 7) is 3.87.